The first-order chi connectivity index (χ1) is 11.9. The Labute approximate surface area is 146 Å². The normalized spacial score (nSPS) is 17.7. The van der Waals surface area contributed by atoms with E-state index in [0.717, 1.165) is 25.0 Å². The van der Waals surface area contributed by atoms with E-state index in [0.29, 0.717) is 5.70 Å². The van der Waals surface area contributed by atoms with Crippen LogP contribution in [0.4, 0.5) is 8.78 Å². The molecule has 2 rings (SSSR count). The molecule has 136 valence electrons. The number of benzene rings is 1. The van der Waals surface area contributed by atoms with E-state index in [2.05, 4.69) is 5.32 Å². The van der Waals surface area contributed by atoms with Gasteiger partial charge < -0.3 is 10.1 Å². The Kier molecular flexibility index (Phi) is 6.28. The first-order valence-corrected chi connectivity index (χ1v) is 8.50. The standard InChI is InChI=1S/C19H23F2NO3/c1-4-12(5-2)10-25-19(24)18-11(3)22-17(23)9-15(18)14-7-6-13(20)8-16(14)21/h6-8,12,15H,4-5,9-10H2,1-3H3,(H,22,23)/t15-/m0/s1. The van der Waals surface area contributed by atoms with Crippen molar-refractivity contribution in [2.45, 2.75) is 46.0 Å². The van der Waals surface area contributed by atoms with E-state index >= 15 is 0 Å². The topological polar surface area (TPSA) is 55.4 Å². The van der Waals surface area contributed by atoms with Gasteiger partial charge in [-0.15, -0.1) is 0 Å². The predicted molar refractivity (Wildman–Crippen MR) is 89.6 cm³/mol. The average Bonchev–Trinajstić information content (AvgIpc) is 2.54. The number of halogens is 2. The minimum atomic E-state index is -0.788. The van der Waals surface area contributed by atoms with Crippen molar-refractivity contribution in [3.63, 3.8) is 0 Å². The number of amides is 1. The fourth-order valence-corrected chi connectivity index (χ4v) is 3.02. The van der Waals surface area contributed by atoms with E-state index < -0.39 is 23.5 Å². The highest BCUT2D eigenvalue weighted by Gasteiger charge is 2.34. The Morgan fingerprint density at radius 1 is 1.32 bits per heavy atom. The molecule has 1 amide bonds. The average molecular weight is 351 g/mol. The quantitative estimate of drug-likeness (QED) is 0.793. The maximum Gasteiger partial charge on any atom is 0.336 e. The molecule has 0 radical (unpaired) electrons. The third-order valence-electron chi connectivity index (χ3n) is 4.63. The van der Waals surface area contributed by atoms with E-state index in [4.69, 9.17) is 4.74 Å². The molecule has 1 atom stereocenters. The summed E-state index contributed by atoms with van der Waals surface area (Å²) in [7, 11) is 0. The zero-order valence-electron chi connectivity index (χ0n) is 14.7. The number of nitrogens with one attached hydrogen (secondary N) is 1. The summed E-state index contributed by atoms with van der Waals surface area (Å²) in [6.07, 6.45) is 1.68. The maximum absolute atomic E-state index is 14.2. The van der Waals surface area contributed by atoms with Gasteiger partial charge in [0.25, 0.3) is 0 Å². The van der Waals surface area contributed by atoms with E-state index in [1.165, 1.54) is 6.07 Å². The molecule has 0 aromatic heterocycles. The number of allylic oxidation sites excluding steroid dienone is 1. The number of carbonyl (C=O) groups is 2. The number of rotatable bonds is 6. The lowest BCUT2D eigenvalue weighted by Crippen LogP contribution is -2.34. The molecule has 1 aromatic carbocycles. The van der Waals surface area contributed by atoms with Crippen LogP contribution in [0.15, 0.2) is 29.5 Å². The van der Waals surface area contributed by atoms with E-state index in [9.17, 15) is 18.4 Å². The highest BCUT2D eigenvalue weighted by atomic mass is 19.1. The molecule has 6 heteroatoms. The van der Waals surface area contributed by atoms with Crippen molar-refractivity contribution in [2.75, 3.05) is 6.61 Å². The van der Waals surface area contributed by atoms with Crippen molar-refractivity contribution in [3.8, 4) is 0 Å². The lowest BCUT2D eigenvalue weighted by molar-refractivity contribution is -0.141. The van der Waals surface area contributed by atoms with Gasteiger partial charge in [0.15, 0.2) is 0 Å². The van der Waals surface area contributed by atoms with Crippen LogP contribution in [0.25, 0.3) is 0 Å². The molecule has 1 N–H and O–H groups in total. The van der Waals surface area contributed by atoms with Crippen molar-refractivity contribution < 1.29 is 23.1 Å². The molecule has 25 heavy (non-hydrogen) atoms. The molecule has 0 saturated carbocycles. The smallest absolute Gasteiger partial charge is 0.336 e. The van der Waals surface area contributed by atoms with E-state index in [1.54, 1.807) is 6.92 Å². The second-order valence-electron chi connectivity index (χ2n) is 6.29. The molecule has 1 heterocycles. The predicted octanol–water partition coefficient (Wildman–Crippen LogP) is 3.82. The number of ether oxygens (including phenoxy) is 1. The van der Waals surface area contributed by atoms with Crippen LogP contribution in [0.1, 0.15) is 51.5 Å². The highest BCUT2D eigenvalue weighted by Crippen LogP contribution is 2.35. The Hall–Kier alpha value is -2.24. The molecular weight excluding hydrogens is 328 g/mol. The number of hydrogen-bond donors (Lipinski definition) is 1. The molecule has 0 unspecified atom stereocenters. The molecule has 0 bridgehead atoms. The van der Waals surface area contributed by atoms with Gasteiger partial charge in [-0.3, -0.25) is 4.79 Å². The van der Waals surface area contributed by atoms with Gasteiger partial charge in [-0.05, 0) is 24.5 Å². The Morgan fingerprint density at radius 2 is 2.00 bits per heavy atom. The minimum absolute atomic E-state index is 0.0880. The summed E-state index contributed by atoms with van der Waals surface area (Å²) in [6, 6.07) is 3.15. The SMILES string of the molecule is CCC(CC)COC(=O)C1=C(C)NC(=O)C[C@H]1c1ccc(F)cc1F. The van der Waals surface area contributed by atoms with Crippen LogP contribution in [0.2, 0.25) is 0 Å². The van der Waals surface area contributed by atoms with Gasteiger partial charge >= 0.3 is 5.97 Å². The van der Waals surface area contributed by atoms with Crippen LogP contribution in [-0.2, 0) is 14.3 Å². The molecule has 1 aliphatic heterocycles. The van der Waals surface area contributed by atoms with Gasteiger partial charge in [0.1, 0.15) is 11.6 Å². The van der Waals surface area contributed by atoms with Crippen LogP contribution in [-0.4, -0.2) is 18.5 Å². The van der Waals surface area contributed by atoms with Gasteiger partial charge in [0.2, 0.25) is 5.91 Å². The summed E-state index contributed by atoms with van der Waals surface area (Å²) in [5, 5.41) is 2.60. The largest absolute Gasteiger partial charge is 0.462 e. The van der Waals surface area contributed by atoms with Gasteiger partial charge in [0, 0.05) is 24.1 Å². The van der Waals surface area contributed by atoms with Crippen molar-refractivity contribution in [3.05, 3.63) is 46.7 Å². The van der Waals surface area contributed by atoms with E-state index in [1.807, 2.05) is 13.8 Å². The number of hydrogen-bond acceptors (Lipinski definition) is 3. The summed E-state index contributed by atoms with van der Waals surface area (Å²) in [4.78, 5) is 24.5. The lowest BCUT2D eigenvalue weighted by atomic mass is 9.84. The number of carbonyl (C=O) groups excluding carboxylic acids is 2. The lowest BCUT2D eigenvalue weighted by Gasteiger charge is -2.27. The summed E-state index contributed by atoms with van der Waals surface area (Å²) in [5.74, 6) is -2.91. The first kappa shape index (κ1) is 19.1. The molecule has 0 aliphatic carbocycles. The summed E-state index contributed by atoms with van der Waals surface area (Å²) in [5.41, 5.74) is 0.681. The van der Waals surface area contributed by atoms with Crippen LogP contribution in [0.5, 0.6) is 0 Å². The van der Waals surface area contributed by atoms with Gasteiger partial charge in [-0.1, -0.05) is 32.8 Å². The summed E-state index contributed by atoms with van der Waals surface area (Å²) < 4.78 is 32.8. The fraction of sp³-hybridized carbons (Fsp3) is 0.474. The van der Waals surface area contributed by atoms with E-state index in [-0.39, 0.29) is 36.0 Å². The number of esters is 1. The zero-order chi connectivity index (χ0) is 18.6. The fourth-order valence-electron chi connectivity index (χ4n) is 3.02. The second-order valence-corrected chi connectivity index (χ2v) is 6.29. The van der Waals surface area contributed by atoms with Crippen LogP contribution < -0.4 is 5.32 Å². The monoisotopic (exact) mass is 351 g/mol. The van der Waals surface area contributed by atoms with Crippen LogP contribution in [0, 0.1) is 17.6 Å². The van der Waals surface area contributed by atoms with Crippen molar-refractivity contribution in [1.29, 1.82) is 0 Å². The first-order valence-electron chi connectivity index (χ1n) is 8.50. The summed E-state index contributed by atoms with van der Waals surface area (Å²) >= 11 is 0. The third-order valence-corrected chi connectivity index (χ3v) is 4.63. The van der Waals surface area contributed by atoms with Crippen molar-refractivity contribution >= 4 is 11.9 Å². The Balaban J connectivity index is 2.32. The molecule has 1 aromatic rings. The summed E-state index contributed by atoms with van der Waals surface area (Å²) in [6.45, 7) is 5.89. The minimum Gasteiger partial charge on any atom is -0.462 e. The molecule has 4 nitrogen and oxygen atoms in total. The molecule has 0 saturated heterocycles. The highest BCUT2D eigenvalue weighted by molar-refractivity contribution is 5.95. The Morgan fingerprint density at radius 3 is 2.60 bits per heavy atom. The second kappa shape index (κ2) is 8.23. The van der Waals surface area contributed by atoms with Gasteiger partial charge in [-0.25, -0.2) is 13.6 Å². The maximum atomic E-state index is 14.2. The van der Waals surface area contributed by atoms with Crippen LogP contribution >= 0.6 is 0 Å². The third kappa shape index (κ3) is 4.44. The van der Waals surface area contributed by atoms with Crippen molar-refractivity contribution in [1.82, 2.24) is 5.32 Å². The molecule has 0 fully saturated rings. The van der Waals surface area contributed by atoms with Crippen molar-refractivity contribution in [2.24, 2.45) is 5.92 Å². The molecule has 1 aliphatic rings. The van der Waals surface area contributed by atoms with Gasteiger partial charge in [-0.2, -0.15) is 0 Å². The Bertz CT molecular complexity index is 696. The van der Waals surface area contributed by atoms with Gasteiger partial charge in [0.05, 0.1) is 12.2 Å². The van der Waals surface area contributed by atoms with Crippen LogP contribution in [0.3, 0.4) is 0 Å². The zero-order valence-corrected chi connectivity index (χ0v) is 14.7. The molecular formula is C19H23F2NO3. The molecule has 0 spiro atoms.